The van der Waals surface area contributed by atoms with Gasteiger partial charge in [0.1, 0.15) is 0 Å². The molecule has 0 radical (unpaired) electrons. The Morgan fingerprint density at radius 2 is 1.04 bits per heavy atom. The normalized spacial score (nSPS) is 11.0. The number of methoxy groups -OCH3 is 2. The van der Waals surface area contributed by atoms with Gasteiger partial charge in [-0.05, 0) is 34.6 Å². The molecule has 0 atom stereocenters. The van der Waals surface area contributed by atoms with Gasteiger partial charge >= 0.3 is 8.07 Å². The molecule has 0 bridgehead atoms. The number of hydrogen-bond acceptors (Lipinski definition) is 4. The van der Waals surface area contributed by atoms with Gasteiger partial charge in [-0.3, -0.25) is 9.59 Å². The van der Waals surface area contributed by atoms with E-state index >= 15 is 0 Å². The van der Waals surface area contributed by atoms with Crippen LogP contribution in [0, 0.1) is 0 Å². The van der Waals surface area contributed by atoms with Crippen LogP contribution in [0.3, 0.4) is 0 Å². The second kappa shape index (κ2) is 7.17. The summed E-state index contributed by atoms with van der Waals surface area (Å²) in [6.07, 6.45) is 0. The van der Waals surface area contributed by atoms with Crippen LogP contribution in [0.1, 0.15) is 0 Å². The number of ether oxygens (including phenoxy) is 2. The Labute approximate surface area is 144 Å². The van der Waals surface area contributed by atoms with E-state index in [4.69, 9.17) is 32.7 Å². The van der Waals surface area contributed by atoms with Gasteiger partial charge in [-0.1, -0.05) is 47.5 Å². The Morgan fingerprint density at radius 3 is 1.30 bits per heavy atom. The molecule has 0 amide bonds. The molecule has 0 fully saturated rings. The number of benzene rings is 2. The summed E-state index contributed by atoms with van der Waals surface area (Å²) in [5, 5.41) is 2.07. The third-order valence-electron chi connectivity index (χ3n) is 3.54. The van der Waals surface area contributed by atoms with Gasteiger partial charge in [0.2, 0.25) is 0 Å². The SMILES string of the molecule is COC(=O)[Si](C(=O)OC)(c1ccc(Cl)cc1)c1ccc(Cl)cc1. The first-order valence-corrected chi connectivity index (χ1v) is 9.41. The van der Waals surface area contributed by atoms with Crippen molar-refractivity contribution < 1.29 is 19.1 Å². The van der Waals surface area contributed by atoms with E-state index in [9.17, 15) is 9.59 Å². The van der Waals surface area contributed by atoms with Crippen molar-refractivity contribution in [2.75, 3.05) is 14.2 Å². The van der Waals surface area contributed by atoms with Crippen LogP contribution in [0.2, 0.25) is 10.0 Å². The lowest BCUT2D eigenvalue weighted by Crippen LogP contribution is -2.70. The van der Waals surface area contributed by atoms with Crippen LogP contribution >= 0.6 is 23.2 Å². The molecule has 2 rings (SSSR count). The van der Waals surface area contributed by atoms with Crippen LogP contribution in [0.15, 0.2) is 48.5 Å². The molecule has 2 aromatic carbocycles. The standard InChI is InChI=1S/C16H14Cl2O4Si/c1-21-15(19)23(16(20)22-2,13-7-3-11(17)4-8-13)14-9-5-12(18)6-10-14/h3-10H,1-2H3. The van der Waals surface area contributed by atoms with E-state index < -0.39 is 19.3 Å². The Balaban J connectivity index is 2.79. The van der Waals surface area contributed by atoms with Crippen molar-refractivity contribution in [2.24, 2.45) is 0 Å². The van der Waals surface area contributed by atoms with Gasteiger partial charge < -0.3 is 9.47 Å². The molecule has 0 aliphatic rings. The third kappa shape index (κ3) is 3.13. The van der Waals surface area contributed by atoms with Crippen molar-refractivity contribution in [3.05, 3.63) is 58.6 Å². The summed E-state index contributed by atoms with van der Waals surface area (Å²) in [6.45, 7) is 0. The van der Waals surface area contributed by atoms with Gasteiger partial charge in [0.05, 0.1) is 14.2 Å². The maximum atomic E-state index is 12.7. The summed E-state index contributed by atoms with van der Waals surface area (Å²) < 4.78 is 9.93. The lowest BCUT2D eigenvalue weighted by Gasteiger charge is -2.26. The molecule has 7 heteroatoms. The van der Waals surface area contributed by atoms with Crippen molar-refractivity contribution in [2.45, 2.75) is 0 Å². The smallest absolute Gasteiger partial charge is 0.370 e. The average molecular weight is 369 g/mol. The van der Waals surface area contributed by atoms with Crippen LogP contribution in [-0.2, 0) is 9.47 Å². The molecule has 120 valence electrons. The molecule has 0 heterocycles. The summed E-state index contributed by atoms with van der Waals surface area (Å²) in [6, 6.07) is 13.1. The molecule has 0 spiro atoms. The second-order valence-corrected chi connectivity index (χ2v) is 9.09. The molecule has 4 nitrogen and oxygen atoms in total. The summed E-state index contributed by atoms with van der Waals surface area (Å²) in [5.74, 6) is 0. The van der Waals surface area contributed by atoms with Crippen LogP contribution in [-0.4, -0.2) is 33.5 Å². The Hall–Kier alpha value is -1.82. The molecule has 0 aromatic heterocycles. The number of carbonyl (C=O) groups excluding carboxylic acids is 2. The van der Waals surface area contributed by atoms with Crippen molar-refractivity contribution in [3.8, 4) is 0 Å². The Kier molecular flexibility index (Phi) is 5.46. The fourth-order valence-electron chi connectivity index (χ4n) is 2.43. The summed E-state index contributed by atoms with van der Waals surface area (Å²) in [5.41, 5.74) is -1.23. The molecule has 0 aliphatic heterocycles. The van der Waals surface area contributed by atoms with E-state index in [2.05, 4.69) is 0 Å². The quantitative estimate of drug-likeness (QED) is 0.777. The van der Waals surface area contributed by atoms with E-state index in [-0.39, 0.29) is 0 Å². The van der Waals surface area contributed by atoms with E-state index in [0.29, 0.717) is 20.4 Å². The topological polar surface area (TPSA) is 52.6 Å². The zero-order valence-corrected chi connectivity index (χ0v) is 15.0. The van der Waals surface area contributed by atoms with Gasteiger partial charge in [-0.25, -0.2) is 0 Å². The number of hydrogen-bond donors (Lipinski definition) is 0. The van der Waals surface area contributed by atoms with Gasteiger partial charge in [0.25, 0.3) is 11.2 Å². The van der Waals surface area contributed by atoms with E-state index in [1.54, 1.807) is 48.5 Å². The summed E-state index contributed by atoms with van der Waals surface area (Å²) in [7, 11) is -1.14. The monoisotopic (exact) mass is 368 g/mol. The lowest BCUT2D eigenvalue weighted by molar-refractivity contribution is 0.187. The highest BCUT2D eigenvalue weighted by molar-refractivity contribution is 7.37. The molecule has 0 unspecified atom stereocenters. The highest BCUT2D eigenvalue weighted by Gasteiger charge is 2.56. The van der Waals surface area contributed by atoms with Gasteiger partial charge in [-0.2, -0.15) is 0 Å². The fourth-order valence-corrected chi connectivity index (χ4v) is 6.07. The van der Waals surface area contributed by atoms with Crippen LogP contribution in [0.5, 0.6) is 0 Å². The predicted octanol–water partition coefficient (Wildman–Crippen LogP) is 3.25. The molecule has 0 saturated heterocycles. The summed E-state index contributed by atoms with van der Waals surface area (Å²) >= 11 is 11.8. The van der Waals surface area contributed by atoms with E-state index in [1.807, 2.05) is 0 Å². The largest absolute Gasteiger partial charge is 0.472 e. The number of carbonyl (C=O) groups is 2. The fraction of sp³-hybridized carbons (Fsp3) is 0.125. The summed E-state index contributed by atoms with van der Waals surface area (Å²) in [4.78, 5) is 25.4. The van der Waals surface area contributed by atoms with E-state index in [1.165, 1.54) is 14.2 Å². The molecular weight excluding hydrogens is 355 g/mol. The van der Waals surface area contributed by atoms with Gasteiger partial charge in [0, 0.05) is 10.0 Å². The van der Waals surface area contributed by atoms with Crippen LogP contribution in [0.4, 0.5) is 9.59 Å². The van der Waals surface area contributed by atoms with Crippen molar-refractivity contribution in [3.63, 3.8) is 0 Å². The predicted molar refractivity (Wildman–Crippen MR) is 92.7 cm³/mol. The molecule has 0 saturated carbocycles. The highest BCUT2D eigenvalue weighted by Crippen LogP contribution is 2.16. The zero-order chi connectivity index (χ0) is 17.0. The minimum absolute atomic E-state index is 0.502. The maximum absolute atomic E-state index is 12.7. The Bertz CT molecular complexity index is 650. The first-order chi connectivity index (χ1) is 11.0. The molecular formula is C16H14Cl2O4Si. The third-order valence-corrected chi connectivity index (χ3v) is 8.07. The minimum Gasteiger partial charge on any atom is -0.472 e. The number of rotatable bonds is 4. The average Bonchev–Trinajstić information content (AvgIpc) is 2.57. The highest BCUT2D eigenvalue weighted by atomic mass is 35.5. The van der Waals surface area contributed by atoms with E-state index in [0.717, 1.165) is 0 Å². The van der Waals surface area contributed by atoms with Crippen LogP contribution < -0.4 is 10.4 Å². The second-order valence-electron chi connectivity index (χ2n) is 4.75. The van der Waals surface area contributed by atoms with Crippen molar-refractivity contribution in [1.29, 1.82) is 0 Å². The first-order valence-electron chi connectivity index (χ1n) is 6.65. The van der Waals surface area contributed by atoms with Crippen molar-refractivity contribution >= 4 is 52.8 Å². The van der Waals surface area contributed by atoms with Crippen molar-refractivity contribution in [1.82, 2.24) is 0 Å². The molecule has 0 N–H and O–H groups in total. The van der Waals surface area contributed by atoms with Gasteiger partial charge in [0.15, 0.2) is 0 Å². The number of halogens is 2. The minimum atomic E-state index is -3.64. The lowest BCUT2D eigenvalue weighted by atomic mass is 10.4. The Morgan fingerprint density at radius 1 is 0.739 bits per heavy atom. The maximum Gasteiger partial charge on any atom is 0.370 e. The van der Waals surface area contributed by atoms with Gasteiger partial charge in [-0.15, -0.1) is 0 Å². The first kappa shape index (κ1) is 17.5. The molecule has 23 heavy (non-hydrogen) atoms. The molecule has 0 aliphatic carbocycles. The zero-order valence-electron chi connectivity index (χ0n) is 12.5. The molecule has 2 aromatic rings. The van der Waals surface area contributed by atoms with Crippen LogP contribution in [0.25, 0.3) is 0 Å².